The normalized spacial score (nSPS) is 22.2. The number of aryl methyl sites for hydroxylation is 1. The van der Waals surface area contributed by atoms with Gasteiger partial charge in [-0.25, -0.2) is 4.79 Å². The van der Waals surface area contributed by atoms with Crippen LogP contribution in [0.3, 0.4) is 0 Å². The molecule has 2 aromatic rings. The van der Waals surface area contributed by atoms with Crippen molar-refractivity contribution in [2.75, 3.05) is 39.9 Å². The predicted molar refractivity (Wildman–Crippen MR) is 123 cm³/mol. The summed E-state index contributed by atoms with van der Waals surface area (Å²) in [6.45, 7) is 7.56. The van der Waals surface area contributed by atoms with Crippen molar-refractivity contribution in [1.29, 1.82) is 0 Å². The molecular formula is C25H36N2O4. The lowest BCUT2D eigenvalue weighted by Gasteiger charge is -2.45. The highest BCUT2D eigenvalue weighted by atomic mass is 16.5. The maximum atomic E-state index is 12.1. The Hall–Kier alpha value is -1.89. The smallest absolute Gasteiger partial charge is 0.336 e. The summed E-state index contributed by atoms with van der Waals surface area (Å²) in [7, 11) is 1.74. The number of benzene rings is 1. The first kappa shape index (κ1) is 22.3. The molecule has 31 heavy (non-hydrogen) atoms. The Morgan fingerprint density at radius 3 is 2.90 bits per heavy atom. The minimum Gasteiger partial charge on any atom is -0.507 e. The van der Waals surface area contributed by atoms with Crippen LogP contribution in [0.2, 0.25) is 0 Å². The molecule has 0 amide bonds. The number of rotatable bonds is 8. The third-order valence-electron chi connectivity index (χ3n) is 7.12. The SMILES string of the molecule is COCCCN(Cc1c(O)ccc2c(C)cc(=O)oc12)CC1CCCN2CCCCC12. The van der Waals surface area contributed by atoms with Gasteiger partial charge in [-0.05, 0) is 75.7 Å². The second-order valence-electron chi connectivity index (χ2n) is 9.27. The molecule has 1 aromatic heterocycles. The maximum Gasteiger partial charge on any atom is 0.336 e. The summed E-state index contributed by atoms with van der Waals surface area (Å²) in [5.74, 6) is 0.836. The zero-order chi connectivity index (χ0) is 21.8. The van der Waals surface area contributed by atoms with Crippen molar-refractivity contribution in [2.45, 2.75) is 58.0 Å². The van der Waals surface area contributed by atoms with Gasteiger partial charge in [-0.2, -0.15) is 0 Å². The van der Waals surface area contributed by atoms with Crippen LogP contribution < -0.4 is 5.63 Å². The molecule has 6 nitrogen and oxygen atoms in total. The van der Waals surface area contributed by atoms with E-state index in [4.69, 9.17) is 9.15 Å². The summed E-state index contributed by atoms with van der Waals surface area (Å²) >= 11 is 0. The van der Waals surface area contributed by atoms with Crippen molar-refractivity contribution in [3.8, 4) is 5.75 Å². The number of piperidine rings is 2. The highest BCUT2D eigenvalue weighted by molar-refractivity contribution is 5.84. The Morgan fingerprint density at radius 1 is 1.23 bits per heavy atom. The highest BCUT2D eigenvalue weighted by Gasteiger charge is 2.34. The van der Waals surface area contributed by atoms with Gasteiger partial charge in [0, 0.05) is 50.8 Å². The predicted octanol–water partition coefficient (Wildman–Crippen LogP) is 3.91. The Labute approximate surface area is 184 Å². The topological polar surface area (TPSA) is 66.2 Å². The molecule has 0 spiro atoms. The second kappa shape index (κ2) is 10.2. The van der Waals surface area contributed by atoms with Crippen molar-refractivity contribution in [2.24, 2.45) is 5.92 Å². The molecule has 6 heteroatoms. The molecule has 2 saturated heterocycles. The molecule has 4 rings (SSSR count). The number of fused-ring (bicyclic) bond motifs is 2. The molecule has 0 saturated carbocycles. The number of aromatic hydroxyl groups is 1. The number of methoxy groups -OCH3 is 1. The molecular weight excluding hydrogens is 392 g/mol. The van der Waals surface area contributed by atoms with Gasteiger partial charge in [-0.3, -0.25) is 4.90 Å². The summed E-state index contributed by atoms with van der Waals surface area (Å²) in [4.78, 5) is 17.2. The monoisotopic (exact) mass is 428 g/mol. The standard InChI is InChI=1S/C25H36N2O4/c1-18-15-24(29)31-25-20(18)9-10-23(28)21(25)17-26(11-6-14-30-2)16-19-7-5-13-27-12-4-3-8-22(19)27/h9-10,15,19,22,28H,3-8,11-14,16-17H2,1-2H3. The van der Waals surface area contributed by atoms with Crippen LogP contribution in [-0.2, 0) is 11.3 Å². The first-order chi connectivity index (χ1) is 15.1. The van der Waals surface area contributed by atoms with E-state index >= 15 is 0 Å². The quantitative estimate of drug-likeness (QED) is 0.508. The molecule has 1 aromatic carbocycles. The lowest BCUT2D eigenvalue weighted by molar-refractivity contribution is 0.0372. The molecule has 2 aliphatic rings. The van der Waals surface area contributed by atoms with Crippen LogP contribution in [-0.4, -0.2) is 60.8 Å². The molecule has 0 radical (unpaired) electrons. The van der Waals surface area contributed by atoms with E-state index in [1.54, 1.807) is 13.2 Å². The van der Waals surface area contributed by atoms with Crippen molar-refractivity contribution >= 4 is 11.0 Å². The largest absolute Gasteiger partial charge is 0.507 e. The Kier molecular flexibility index (Phi) is 7.31. The molecule has 2 atom stereocenters. The van der Waals surface area contributed by atoms with Crippen LogP contribution in [0.4, 0.5) is 0 Å². The van der Waals surface area contributed by atoms with Crippen molar-refractivity contribution in [3.63, 3.8) is 0 Å². The van der Waals surface area contributed by atoms with Gasteiger partial charge in [-0.1, -0.05) is 6.42 Å². The van der Waals surface area contributed by atoms with Crippen LogP contribution in [0.15, 0.2) is 27.4 Å². The van der Waals surface area contributed by atoms with Crippen LogP contribution in [0.1, 0.15) is 49.7 Å². The molecule has 2 unspecified atom stereocenters. The number of hydrogen-bond acceptors (Lipinski definition) is 6. The summed E-state index contributed by atoms with van der Waals surface area (Å²) in [5, 5.41) is 11.6. The maximum absolute atomic E-state index is 12.1. The van der Waals surface area contributed by atoms with E-state index in [9.17, 15) is 9.90 Å². The summed E-state index contributed by atoms with van der Waals surface area (Å²) in [5.41, 5.74) is 1.74. The first-order valence-corrected chi connectivity index (χ1v) is 11.8. The van der Waals surface area contributed by atoms with E-state index in [0.717, 1.165) is 30.5 Å². The van der Waals surface area contributed by atoms with E-state index in [1.165, 1.54) is 51.3 Å². The molecule has 2 fully saturated rings. The molecule has 2 aliphatic heterocycles. The van der Waals surface area contributed by atoms with E-state index in [-0.39, 0.29) is 11.4 Å². The third kappa shape index (κ3) is 5.13. The first-order valence-electron chi connectivity index (χ1n) is 11.8. The lowest BCUT2D eigenvalue weighted by atomic mass is 9.83. The highest BCUT2D eigenvalue weighted by Crippen LogP contribution is 2.33. The Balaban J connectivity index is 1.60. The third-order valence-corrected chi connectivity index (χ3v) is 7.12. The zero-order valence-corrected chi connectivity index (χ0v) is 18.9. The van der Waals surface area contributed by atoms with E-state index in [0.29, 0.717) is 36.3 Å². The van der Waals surface area contributed by atoms with Crippen molar-refractivity contribution in [1.82, 2.24) is 9.80 Å². The minimum atomic E-state index is -0.368. The van der Waals surface area contributed by atoms with Crippen molar-refractivity contribution < 1.29 is 14.3 Å². The Bertz CT molecular complexity index is 939. The average molecular weight is 429 g/mol. The zero-order valence-electron chi connectivity index (χ0n) is 18.9. The molecule has 0 aliphatic carbocycles. The van der Waals surface area contributed by atoms with Crippen LogP contribution in [0, 0.1) is 12.8 Å². The number of ether oxygens (including phenoxy) is 1. The van der Waals surface area contributed by atoms with E-state index in [2.05, 4.69) is 9.80 Å². The average Bonchev–Trinajstić information content (AvgIpc) is 2.76. The lowest BCUT2D eigenvalue weighted by Crippen LogP contribution is -2.51. The minimum absolute atomic E-state index is 0.195. The van der Waals surface area contributed by atoms with Gasteiger partial charge in [0.25, 0.3) is 0 Å². The van der Waals surface area contributed by atoms with Gasteiger partial charge >= 0.3 is 5.63 Å². The summed E-state index contributed by atoms with van der Waals surface area (Å²) in [6.07, 6.45) is 7.41. The molecule has 1 N–H and O–H groups in total. The van der Waals surface area contributed by atoms with Crippen LogP contribution in [0.5, 0.6) is 5.75 Å². The fourth-order valence-corrected chi connectivity index (χ4v) is 5.59. The summed E-state index contributed by atoms with van der Waals surface area (Å²) in [6, 6.07) is 5.75. The summed E-state index contributed by atoms with van der Waals surface area (Å²) < 4.78 is 10.9. The van der Waals surface area contributed by atoms with Gasteiger partial charge in [0.1, 0.15) is 11.3 Å². The van der Waals surface area contributed by atoms with Crippen molar-refractivity contribution in [3.05, 3.63) is 39.7 Å². The van der Waals surface area contributed by atoms with E-state index in [1.807, 2.05) is 13.0 Å². The second-order valence-corrected chi connectivity index (χ2v) is 9.27. The van der Waals surface area contributed by atoms with Gasteiger partial charge < -0.3 is 19.2 Å². The fraction of sp³-hybridized carbons (Fsp3) is 0.640. The van der Waals surface area contributed by atoms with Gasteiger partial charge in [0.15, 0.2) is 0 Å². The fourth-order valence-electron chi connectivity index (χ4n) is 5.59. The molecule has 0 bridgehead atoms. The van der Waals surface area contributed by atoms with Crippen LogP contribution in [0.25, 0.3) is 11.0 Å². The van der Waals surface area contributed by atoms with Gasteiger partial charge in [0.2, 0.25) is 0 Å². The number of nitrogens with zero attached hydrogens (tertiary/aromatic N) is 2. The molecule has 3 heterocycles. The van der Waals surface area contributed by atoms with Gasteiger partial charge in [0.05, 0.1) is 5.56 Å². The number of phenols is 1. The van der Waals surface area contributed by atoms with E-state index < -0.39 is 0 Å². The van der Waals surface area contributed by atoms with Crippen LogP contribution >= 0.6 is 0 Å². The van der Waals surface area contributed by atoms with Gasteiger partial charge in [-0.15, -0.1) is 0 Å². The molecule has 170 valence electrons. The Morgan fingerprint density at radius 2 is 2.06 bits per heavy atom. The number of phenolic OH excluding ortho intramolecular Hbond substituents is 1. The number of hydrogen-bond donors (Lipinski definition) is 1.